The lowest BCUT2D eigenvalue weighted by atomic mass is 10.1. The molecule has 31 heavy (non-hydrogen) atoms. The highest BCUT2D eigenvalue weighted by atomic mass is 32.2. The molecule has 0 spiro atoms. The molecular weight excluding hydrogens is 441 g/mol. The van der Waals surface area contributed by atoms with Crippen molar-refractivity contribution in [3.63, 3.8) is 0 Å². The lowest BCUT2D eigenvalue weighted by Crippen LogP contribution is -2.16. The van der Waals surface area contributed by atoms with Gasteiger partial charge in [0.05, 0.1) is 24.0 Å². The molecule has 1 aliphatic carbocycles. The molecule has 0 bridgehead atoms. The fourth-order valence-corrected chi connectivity index (χ4v) is 5.31. The first kappa shape index (κ1) is 21.5. The van der Waals surface area contributed by atoms with Crippen LogP contribution in [0, 0.1) is 5.82 Å². The number of aryl methyl sites for hydroxylation is 1. The number of anilines is 1. The van der Waals surface area contributed by atoms with E-state index in [1.54, 1.807) is 18.2 Å². The molecule has 3 aromatic rings. The van der Waals surface area contributed by atoms with E-state index in [0.29, 0.717) is 10.6 Å². The summed E-state index contributed by atoms with van der Waals surface area (Å²) in [5, 5.41) is 11.2. The number of hydrogen-bond donors (Lipinski definition) is 1. The molecule has 2 heterocycles. The second kappa shape index (κ2) is 9.61. The molecule has 0 saturated carbocycles. The molecule has 1 aliphatic rings. The second-order valence-electron chi connectivity index (χ2n) is 6.95. The Hall–Kier alpha value is -2.72. The highest BCUT2D eigenvalue weighted by Gasteiger charge is 2.26. The van der Waals surface area contributed by atoms with E-state index in [1.807, 2.05) is 0 Å². The number of rotatable bonds is 6. The van der Waals surface area contributed by atoms with E-state index in [9.17, 15) is 14.0 Å². The van der Waals surface area contributed by atoms with Crippen molar-refractivity contribution in [2.75, 3.05) is 18.2 Å². The van der Waals surface area contributed by atoms with Crippen molar-refractivity contribution >= 4 is 40.0 Å². The van der Waals surface area contributed by atoms with Gasteiger partial charge in [0.25, 0.3) is 11.1 Å². The zero-order chi connectivity index (χ0) is 21.8. The Bertz CT molecular complexity index is 1110. The van der Waals surface area contributed by atoms with Crippen LogP contribution in [0.3, 0.4) is 0 Å². The maximum atomic E-state index is 13.9. The van der Waals surface area contributed by atoms with E-state index in [1.165, 1.54) is 24.5 Å². The molecule has 4 rings (SSSR count). The van der Waals surface area contributed by atoms with E-state index >= 15 is 0 Å². The molecule has 1 amide bonds. The van der Waals surface area contributed by atoms with Crippen LogP contribution in [-0.2, 0) is 22.4 Å². The van der Waals surface area contributed by atoms with Gasteiger partial charge in [-0.05, 0) is 43.4 Å². The number of nitrogens with zero attached hydrogens (tertiary/aromatic N) is 2. The molecule has 1 N–H and O–H groups in total. The molecule has 0 aliphatic heterocycles. The van der Waals surface area contributed by atoms with Gasteiger partial charge < -0.3 is 14.5 Å². The Morgan fingerprint density at radius 2 is 2.03 bits per heavy atom. The van der Waals surface area contributed by atoms with Crippen LogP contribution in [0.1, 0.15) is 40.1 Å². The van der Waals surface area contributed by atoms with Gasteiger partial charge in [0, 0.05) is 4.88 Å². The molecule has 1 aromatic carbocycles. The van der Waals surface area contributed by atoms with Crippen LogP contribution in [0.4, 0.5) is 9.39 Å². The molecule has 0 unspecified atom stereocenters. The van der Waals surface area contributed by atoms with Gasteiger partial charge in [-0.1, -0.05) is 30.3 Å². The van der Waals surface area contributed by atoms with Crippen molar-refractivity contribution < 1.29 is 23.1 Å². The first-order chi connectivity index (χ1) is 15.1. The minimum Gasteiger partial charge on any atom is -0.465 e. The largest absolute Gasteiger partial charge is 0.465 e. The van der Waals surface area contributed by atoms with Gasteiger partial charge in [-0.15, -0.1) is 21.5 Å². The fraction of sp³-hybridized carbons (Fsp3) is 0.333. The van der Waals surface area contributed by atoms with Crippen LogP contribution in [0.15, 0.2) is 33.9 Å². The molecule has 0 radical (unpaired) electrons. The van der Waals surface area contributed by atoms with Crippen molar-refractivity contribution in [2.24, 2.45) is 0 Å². The van der Waals surface area contributed by atoms with Gasteiger partial charge >= 0.3 is 5.97 Å². The Kier molecular flexibility index (Phi) is 6.67. The fourth-order valence-electron chi connectivity index (χ4n) is 3.45. The number of esters is 1. The van der Waals surface area contributed by atoms with Gasteiger partial charge in [-0.3, -0.25) is 4.79 Å². The maximum Gasteiger partial charge on any atom is 0.341 e. The smallest absolute Gasteiger partial charge is 0.341 e. The zero-order valence-corrected chi connectivity index (χ0v) is 18.4. The molecular formula is C21H20FN3O4S2. The molecule has 0 saturated heterocycles. The summed E-state index contributed by atoms with van der Waals surface area (Å²) in [7, 11) is 1.34. The van der Waals surface area contributed by atoms with E-state index in [0.717, 1.165) is 54.3 Å². The molecule has 10 heteroatoms. The van der Waals surface area contributed by atoms with Crippen molar-refractivity contribution in [2.45, 2.75) is 37.3 Å². The average molecular weight is 462 g/mol. The first-order valence-electron chi connectivity index (χ1n) is 9.80. The summed E-state index contributed by atoms with van der Waals surface area (Å²) in [6.45, 7) is 0. The third-order valence-corrected chi connectivity index (χ3v) is 6.93. The van der Waals surface area contributed by atoms with Gasteiger partial charge in [0.2, 0.25) is 5.91 Å². The average Bonchev–Trinajstić information content (AvgIpc) is 3.30. The van der Waals surface area contributed by atoms with Crippen LogP contribution in [0.25, 0.3) is 11.5 Å². The molecule has 162 valence electrons. The maximum absolute atomic E-state index is 13.9. The number of amides is 1. The molecule has 0 fully saturated rings. The standard InChI is InChI=1S/C21H20FN3O4S2/c1-28-20(27)17-13-8-3-2-4-10-15(13)31-19(17)23-16(26)11-30-21-25-24-18(29-21)12-7-5-6-9-14(12)22/h5-7,9H,2-4,8,10-11H2,1H3,(H,23,26). The Labute approximate surface area is 186 Å². The summed E-state index contributed by atoms with van der Waals surface area (Å²) < 4.78 is 24.3. The van der Waals surface area contributed by atoms with Gasteiger partial charge in [0.1, 0.15) is 10.8 Å². The van der Waals surface area contributed by atoms with Crippen LogP contribution in [0.2, 0.25) is 0 Å². The summed E-state index contributed by atoms with van der Waals surface area (Å²) in [6.07, 6.45) is 4.91. The van der Waals surface area contributed by atoms with Gasteiger partial charge in [0.15, 0.2) is 0 Å². The lowest BCUT2D eigenvalue weighted by Gasteiger charge is -2.07. The topological polar surface area (TPSA) is 94.3 Å². The van der Waals surface area contributed by atoms with Gasteiger partial charge in [-0.2, -0.15) is 0 Å². The second-order valence-corrected chi connectivity index (χ2v) is 8.98. The number of benzene rings is 1. The number of ether oxygens (including phenoxy) is 1. The zero-order valence-electron chi connectivity index (χ0n) is 16.8. The third-order valence-electron chi connectivity index (χ3n) is 4.90. The normalized spacial score (nSPS) is 13.4. The molecule has 7 nitrogen and oxygen atoms in total. The number of fused-ring (bicyclic) bond motifs is 1. The number of halogens is 1. The minimum atomic E-state index is -0.465. The highest BCUT2D eigenvalue weighted by molar-refractivity contribution is 7.99. The minimum absolute atomic E-state index is 0.00207. The Morgan fingerprint density at radius 1 is 1.23 bits per heavy atom. The predicted octanol–water partition coefficient (Wildman–Crippen LogP) is 4.72. The van der Waals surface area contributed by atoms with Crippen molar-refractivity contribution in [1.29, 1.82) is 0 Å². The molecule has 2 aromatic heterocycles. The lowest BCUT2D eigenvalue weighted by molar-refractivity contribution is -0.113. The van der Waals surface area contributed by atoms with Crippen LogP contribution in [-0.4, -0.2) is 34.9 Å². The predicted molar refractivity (Wildman–Crippen MR) is 116 cm³/mol. The number of nitrogens with one attached hydrogen (secondary N) is 1. The number of thiophene rings is 1. The Balaban J connectivity index is 1.44. The number of carbonyl (C=O) groups excluding carboxylic acids is 2. The quantitative estimate of drug-likeness (QED) is 0.322. The van der Waals surface area contributed by atoms with E-state index in [4.69, 9.17) is 9.15 Å². The number of hydrogen-bond acceptors (Lipinski definition) is 8. The van der Waals surface area contributed by atoms with Crippen molar-refractivity contribution in [1.82, 2.24) is 10.2 Å². The number of aromatic nitrogens is 2. The Morgan fingerprint density at radius 3 is 2.84 bits per heavy atom. The van der Waals surface area contributed by atoms with Crippen LogP contribution < -0.4 is 5.32 Å². The number of methoxy groups -OCH3 is 1. The van der Waals surface area contributed by atoms with Crippen molar-refractivity contribution in [3.8, 4) is 11.5 Å². The van der Waals surface area contributed by atoms with Crippen molar-refractivity contribution in [3.05, 3.63) is 46.1 Å². The van der Waals surface area contributed by atoms with E-state index in [-0.39, 0.29) is 28.3 Å². The SMILES string of the molecule is COC(=O)c1c(NC(=O)CSc2nnc(-c3ccccc3F)o2)sc2c1CCCCC2. The summed E-state index contributed by atoms with van der Waals surface area (Å²) in [4.78, 5) is 26.0. The highest BCUT2D eigenvalue weighted by Crippen LogP contribution is 2.38. The molecule has 0 atom stereocenters. The summed E-state index contributed by atoms with van der Waals surface area (Å²) in [6, 6.07) is 6.09. The van der Waals surface area contributed by atoms with Gasteiger partial charge in [-0.25, -0.2) is 9.18 Å². The monoisotopic (exact) mass is 461 g/mol. The summed E-state index contributed by atoms with van der Waals surface area (Å²) in [5.74, 6) is -1.16. The number of carbonyl (C=O) groups is 2. The summed E-state index contributed by atoms with van der Waals surface area (Å²) >= 11 is 2.48. The third kappa shape index (κ3) is 4.80. The van der Waals surface area contributed by atoms with E-state index < -0.39 is 11.8 Å². The summed E-state index contributed by atoms with van der Waals surface area (Å²) in [5.41, 5.74) is 1.65. The van der Waals surface area contributed by atoms with E-state index in [2.05, 4.69) is 15.5 Å². The number of thioether (sulfide) groups is 1. The van der Waals surface area contributed by atoms with Crippen LogP contribution in [0.5, 0.6) is 0 Å². The first-order valence-corrected chi connectivity index (χ1v) is 11.6. The van der Waals surface area contributed by atoms with Crippen LogP contribution >= 0.6 is 23.1 Å².